The van der Waals surface area contributed by atoms with Gasteiger partial charge in [0.05, 0.1) is 30.2 Å². The van der Waals surface area contributed by atoms with Crippen LogP contribution in [0.3, 0.4) is 0 Å². The number of hydrogen-bond acceptors (Lipinski definition) is 3. The second kappa shape index (κ2) is 6.63. The first kappa shape index (κ1) is 14.8. The first-order valence-electron chi connectivity index (χ1n) is 5.94. The van der Waals surface area contributed by atoms with Crippen molar-refractivity contribution in [3.8, 4) is 11.8 Å². The molecule has 3 nitrogen and oxygen atoms in total. The first-order valence-corrected chi connectivity index (χ1v) is 6.32. The van der Waals surface area contributed by atoms with E-state index in [1.165, 1.54) is 0 Å². The van der Waals surface area contributed by atoms with Crippen molar-refractivity contribution in [3.05, 3.63) is 28.8 Å². The molecule has 0 saturated carbocycles. The van der Waals surface area contributed by atoms with E-state index in [2.05, 4.69) is 11.0 Å². The van der Waals surface area contributed by atoms with E-state index in [0.717, 1.165) is 12.0 Å². The molecule has 0 radical (unpaired) electrons. The van der Waals surface area contributed by atoms with Crippen LogP contribution in [0.15, 0.2) is 18.2 Å². The molecule has 0 aliphatic rings. The van der Waals surface area contributed by atoms with Crippen LogP contribution in [-0.2, 0) is 0 Å². The highest BCUT2D eigenvalue weighted by Gasteiger charge is 2.24. The minimum atomic E-state index is -0.0514. The van der Waals surface area contributed by atoms with Gasteiger partial charge in [0.2, 0.25) is 0 Å². The maximum absolute atomic E-state index is 9.24. The number of hydrogen-bond donors (Lipinski definition) is 0. The molecule has 0 fully saturated rings. The van der Waals surface area contributed by atoms with E-state index in [-0.39, 0.29) is 12.0 Å². The van der Waals surface area contributed by atoms with Crippen LogP contribution >= 0.6 is 11.6 Å². The second-order valence-corrected chi connectivity index (χ2v) is 4.85. The summed E-state index contributed by atoms with van der Waals surface area (Å²) in [4.78, 5) is 2.05. The van der Waals surface area contributed by atoms with Crippen molar-refractivity contribution in [3.63, 3.8) is 0 Å². The number of ether oxygens (including phenoxy) is 1. The molecule has 0 aliphatic heterocycles. The smallest absolute Gasteiger partial charge is 0.137 e. The lowest BCUT2D eigenvalue weighted by molar-refractivity contribution is 0.241. The zero-order chi connectivity index (χ0) is 13.7. The van der Waals surface area contributed by atoms with Gasteiger partial charge in [0, 0.05) is 0 Å². The van der Waals surface area contributed by atoms with Gasteiger partial charge in [0.15, 0.2) is 0 Å². The Labute approximate surface area is 114 Å². The Morgan fingerprint density at radius 1 is 1.44 bits per heavy atom. The lowest BCUT2D eigenvalue weighted by Gasteiger charge is -2.28. The third-order valence-corrected chi connectivity index (χ3v) is 3.36. The van der Waals surface area contributed by atoms with Gasteiger partial charge in [-0.25, -0.2) is 0 Å². The first-order chi connectivity index (χ1) is 8.54. The van der Waals surface area contributed by atoms with Crippen LogP contribution in [-0.4, -0.2) is 26.1 Å². The van der Waals surface area contributed by atoms with Gasteiger partial charge < -0.3 is 9.64 Å². The molecule has 0 N–H and O–H groups in total. The highest BCUT2D eigenvalue weighted by molar-refractivity contribution is 6.32. The average molecular weight is 267 g/mol. The third-order valence-electron chi connectivity index (χ3n) is 3.06. The Morgan fingerprint density at radius 2 is 2.11 bits per heavy atom. The van der Waals surface area contributed by atoms with Crippen LogP contribution in [0.4, 0.5) is 0 Å². The van der Waals surface area contributed by atoms with Crippen molar-refractivity contribution in [2.24, 2.45) is 5.92 Å². The molecule has 1 rings (SSSR count). The molecule has 18 heavy (non-hydrogen) atoms. The Kier molecular flexibility index (Phi) is 5.46. The van der Waals surface area contributed by atoms with Crippen LogP contribution in [0.2, 0.25) is 5.02 Å². The summed E-state index contributed by atoms with van der Waals surface area (Å²) in [5.74, 6) is 0.604. The van der Waals surface area contributed by atoms with Crippen LogP contribution in [0.5, 0.6) is 5.75 Å². The van der Waals surface area contributed by atoms with Gasteiger partial charge in [0.1, 0.15) is 5.75 Å². The molecule has 0 spiro atoms. The van der Waals surface area contributed by atoms with Gasteiger partial charge in [-0.3, -0.25) is 0 Å². The Balaban J connectivity index is 3.15. The fourth-order valence-electron chi connectivity index (χ4n) is 2.14. The summed E-state index contributed by atoms with van der Waals surface area (Å²) >= 11 is 6.14. The van der Waals surface area contributed by atoms with Crippen LogP contribution in [0, 0.1) is 17.2 Å². The summed E-state index contributed by atoms with van der Waals surface area (Å²) in [6.07, 6.45) is 0.809. The van der Waals surface area contributed by atoms with E-state index in [1.807, 2.05) is 39.2 Å². The van der Waals surface area contributed by atoms with Gasteiger partial charge in [-0.05, 0) is 38.2 Å². The molecule has 0 saturated heterocycles. The molecule has 2 atom stereocenters. The van der Waals surface area contributed by atoms with Crippen LogP contribution < -0.4 is 4.74 Å². The fraction of sp³-hybridized carbons (Fsp3) is 0.500. The summed E-state index contributed by atoms with van der Waals surface area (Å²) in [5.41, 5.74) is 1.04. The Morgan fingerprint density at radius 3 is 2.50 bits per heavy atom. The lowest BCUT2D eigenvalue weighted by Crippen LogP contribution is -2.26. The van der Waals surface area contributed by atoms with E-state index in [0.29, 0.717) is 10.8 Å². The van der Waals surface area contributed by atoms with E-state index < -0.39 is 0 Å². The lowest BCUT2D eigenvalue weighted by atomic mass is 9.91. The fourth-order valence-corrected chi connectivity index (χ4v) is 2.41. The summed E-state index contributed by atoms with van der Waals surface area (Å²) in [6, 6.07) is 8.10. The number of halogens is 1. The van der Waals surface area contributed by atoms with Crippen molar-refractivity contribution < 1.29 is 4.74 Å². The van der Waals surface area contributed by atoms with Gasteiger partial charge in [-0.2, -0.15) is 5.26 Å². The molecule has 0 aliphatic carbocycles. The molecule has 0 aromatic heterocycles. The normalized spacial score (nSPS) is 14.1. The highest BCUT2D eigenvalue weighted by Crippen LogP contribution is 2.33. The summed E-state index contributed by atoms with van der Waals surface area (Å²) < 4.78 is 5.14. The molecule has 2 unspecified atom stereocenters. The van der Waals surface area contributed by atoms with Crippen molar-refractivity contribution in [2.45, 2.75) is 19.4 Å². The molecular formula is C14H19ClN2O. The molecule has 4 heteroatoms. The number of rotatable bonds is 5. The topological polar surface area (TPSA) is 36.3 Å². The standard InChI is InChI=1S/C14H19ClN2O/c1-5-10(9-16)14(17(2)3)11-6-7-13(18-4)12(15)8-11/h6-8,10,14H,5H2,1-4H3. The van der Waals surface area contributed by atoms with Crippen molar-refractivity contribution in [1.82, 2.24) is 4.90 Å². The van der Waals surface area contributed by atoms with E-state index in [4.69, 9.17) is 16.3 Å². The average Bonchev–Trinajstić information content (AvgIpc) is 2.35. The van der Waals surface area contributed by atoms with Gasteiger partial charge in [-0.1, -0.05) is 24.6 Å². The molecule has 1 aromatic carbocycles. The van der Waals surface area contributed by atoms with Gasteiger partial charge >= 0.3 is 0 Å². The SMILES string of the molecule is CCC(C#N)C(c1ccc(OC)c(Cl)c1)N(C)C. The summed E-state index contributed by atoms with van der Waals surface area (Å²) in [5, 5.41) is 9.82. The molecule has 98 valence electrons. The number of nitriles is 1. The largest absolute Gasteiger partial charge is 0.495 e. The third kappa shape index (κ3) is 3.16. The Hall–Kier alpha value is -1.24. The molecular weight excluding hydrogens is 248 g/mol. The minimum Gasteiger partial charge on any atom is -0.495 e. The van der Waals surface area contributed by atoms with Gasteiger partial charge in [-0.15, -0.1) is 0 Å². The quantitative estimate of drug-likeness (QED) is 0.818. The summed E-state index contributed by atoms with van der Waals surface area (Å²) in [7, 11) is 5.54. The molecule has 0 heterocycles. The molecule has 0 bridgehead atoms. The monoisotopic (exact) mass is 266 g/mol. The van der Waals surface area contributed by atoms with Crippen molar-refractivity contribution in [1.29, 1.82) is 5.26 Å². The van der Waals surface area contributed by atoms with Crippen LogP contribution in [0.25, 0.3) is 0 Å². The molecule has 0 amide bonds. The number of methoxy groups -OCH3 is 1. The van der Waals surface area contributed by atoms with E-state index in [1.54, 1.807) is 7.11 Å². The Bertz CT molecular complexity index is 440. The maximum atomic E-state index is 9.24. The van der Waals surface area contributed by atoms with Crippen LogP contribution in [0.1, 0.15) is 24.9 Å². The van der Waals surface area contributed by atoms with Crippen molar-refractivity contribution in [2.75, 3.05) is 21.2 Å². The highest BCUT2D eigenvalue weighted by atomic mass is 35.5. The zero-order valence-corrected chi connectivity index (χ0v) is 12.0. The summed E-state index contributed by atoms with van der Waals surface area (Å²) in [6.45, 7) is 2.02. The van der Waals surface area contributed by atoms with E-state index in [9.17, 15) is 5.26 Å². The molecule has 1 aromatic rings. The number of benzene rings is 1. The maximum Gasteiger partial charge on any atom is 0.137 e. The number of nitrogens with zero attached hydrogens (tertiary/aromatic N) is 2. The predicted molar refractivity (Wildman–Crippen MR) is 73.8 cm³/mol. The minimum absolute atomic E-state index is 0.0448. The predicted octanol–water partition coefficient (Wildman–Crippen LogP) is 3.50. The van der Waals surface area contributed by atoms with Crippen molar-refractivity contribution >= 4 is 11.6 Å². The zero-order valence-electron chi connectivity index (χ0n) is 11.3. The second-order valence-electron chi connectivity index (χ2n) is 4.45. The van der Waals surface area contributed by atoms with E-state index >= 15 is 0 Å². The van der Waals surface area contributed by atoms with Gasteiger partial charge in [0.25, 0.3) is 0 Å².